The fourth-order valence-electron chi connectivity index (χ4n) is 2.47. The number of azo groups is 1. The number of benzene rings is 2. The molecule has 1 aromatic heterocycles. The summed E-state index contributed by atoms with van der Waals surface area (Å²) < 4.78 is 1.83. The van der Waals surface area contributed by atoms with Crippen molar-refractivity contribution in [2.45, 2.75) is 20.4 Å². The lowest BCUT2D eigenvalue weighted by atomic mass is 10.2. The maximum Gasteiger partial charge on any atom is 0.220 e. The van der Waals surface area contributed by atoms with Gasteiger partial charge in [0.05, 0.1) is 11.2 Å². The molecule has 0 aliphatic carbocycles. The van der Waals surface area contributed by atoms with Crippen LogP contribution in [0, 0.1) is 6.92 Å². The third-order valence-electron chi connectivity index (χ3n) is 3.61. The van der Waals surface area contributed by atoms with Gasteiger partial charge in [-0.15, -0.1) is 5.11 Å². The van der Waals surface area contributed by atoms with Crippen molar-refractivity contribution in [3.63, 3.8) is 0 Å². The minimum atomic E-state index is 0.163. The minimum absolute atomic E-state index is 0.163. The average molecular weight is 279 g/mol. The highest BCUT2D eigenvalue weighted by atomic mass is 16.3. The quantitative estimate of drug-likeness (QED) is 0.667. The summed E-state index contributed by atoms with van der Waals surface area (Å²) in [6.45, 7) is 4.67. The summed E-state index contributed by atoms with van der Waals surface area (Å²) in [5.41, 5.74) is 3.36. The molecular weight excluding hydrogens is 262 g/mol. The Morgan fingerprint density at radius 3 is 2.48 bits per heavy atom. The monoisotopic (exact) mass is 279 g/mol. The van der Waals surface area contributed by atoms with Crippen LogP contribution in [0.4, 0.5) is 11.4 Å². The number of hydrogen-bond donors (Lipinski definition) is 1. The lowest BCUT2D eigenvalue weighted by molar-refractivity contribution is 0.427. The number of aryl methyl sites for hydroxylation is 2. The first kappa shape index (κ1) is 13.4. The van der Waals surface area contributed by atoms with E-state index in [0.717, 1.165) is 22.2 Å². The second-order valence-electron chi connectivity index (χ2n) is 4.92. The van der Waals surface area contributed by atoms with E-state index in [-0.39, 0.29) is 5.88 Å². The number of aromatic hydroxyl groups is 1. The molecule has 0 saturated carbocycles. The molecule has 0 atom stereocenters. The Labute approximate surface area is 123 Å². The maximum absolute atomic E-state index is 10.4. The van der Waals surface area contributed by atoms with Crippen molar-refractivity contribution in [1.29, 1.82) is 0 Å². The fraction of sp³-hybridized carbons (Fsp3) is 0.176. The minimum Gasteiger partial charge on any atom is -0.493 e. The largest absolute Gasteiger partial charge is 0.493 e. The standard InChI is InChI=1S/C17H17N3O/c1-3-20-15-11-7-5-9-13(15)16(17(20)21)19-18-14-10-6-4-8-12(14)2/h4-11,21H,3H2,1-2H3. The number of hydrogen-bond acceptors (Lipinski definition) is 3. The molecule has 0 aliphatic rings. The molecule has 0 radical (unpaired) electrons. The molecule has 4 nitrogen and oxygen atoms in total. The van der Waals surface area contributed by atoms with E-state index in [1.807, 2.05) is 66.9 Å². The van der Waals surface area contributed by atoms with Gasteiger partial charge in [0.25, 0.3) is 0 Å². The Bertz CT molecular complexity index is 818. The molecule has 0 unspecified atom stereocenters. The normalized spacial score (nSPS) is 11.5. The molecule has 0 spiro atoms. The lowest BCUT2D eigenvalue weighted by Crippen LogP contribution is -1.91. The average Bonchev–Trinajstić information content (AvgIpc) is 2.78. The first-order valence-electron chi connectivity index (χ1n) is 7.00. The van der Waals surface area contributed by atoms with Gasteiger partial charge < -0.3 is 9.67 Å². The van der Waals surface area contributed by atoms with Gasteiger partial charge in [-0.05, 0) is 31.5 Å². The van der Waals surface area contributed by atoms with E-state index < -0.39 is 0 Å². The summed E-state index contributed by atoms with van der Waals surface area (Å²) in [6.07, 6.45) is 0. The van der Waals surface area contributed by atoms with E-state index >= 15 is 0 Å². The summed E-state index contributed by atoms with van der Waals surface area (Å²) in [5, 5.41) is 19.9. The molecule has 3 rings (SSSR count). The van der Waals surface area contributed by atoms with Gasteiger partial charge in [0.1, 0.15) is 0 Å². The molecule has 106 valence electrons. The zero-order chi connectivity index (χ0) is 14.8. The van der Waals surface area contributed by atoms with Crippen LogP contribution in [0.25, 0.3) is 10.9 Å². The molecule has 3 aromatic rings. The van der Waals surface area contributed by atoms with E-state index in [1.54, 1.807) is 0 Å². The zero-order valence-electron chi connectivity index (χ0n) is 12.1. The van der Waals surface area contributed by atoms with Crippen LogP contribution in [-0.2, 0) is 6.54 Å². The molecule has 0 amide bonds. The number of nitrogens with zero attached hydrogens (tertiary/aromatic N) is 3. The van der Waals surface area contributed by atoms with Crippen molar-refractivity contribution >= 4 is 22.3 Å². The molecular formula is C17H17N3O. The van der Waals surface area contributed by atoms with E-state index in [1.165, 1.54) is 0 Å². The summed E-state index contributed by atoms with van der Waals surface area (Å²) >= 11 is 0. The van der Waals surface area contributed by atoms with Crippen LogP contribution in [0.3, 0.4) is 0 Å². The molecule has 0 aliphatic heterocycles. The van der Waals surface area contributed by atoms with Crippen molar-refractivity contribution in [3.05, 3.63) is 54.1 Å². The van der Waals surface area contributed by atoms with E-state index in [4.69, 9.17) is 0 Å². The van der Waals surface area contributed by atoms with Gasteiger partial charge in [-0.25, -0.2) is 0 Å². The van der Waals surface area contributed by atoms with Crippen molar-refractivity contribution in [2.75, 3.05) is 0 Å². The van der Waals surface area contributed by atoms with Crippen LogP contribution in [0.15, 0.2) is 58.8 Å². The number of para-hydroxylation sites is 1. The smallest absolute Gasteiger partial charge is 0.220 e. The maximum atomic E-state index is 10.4. The van der Waals surface area contributed by atoms with Crippen molar-refractivity contribution in [3.8, 4) is 5.88 Å². The summed E-state index contributed by atoms with van der Waals surface area (Å²) in [4.78, 5) is 0. The highest BCUT2D eigenvalue weighted by Gasteiger charge is 2.14. The van der Waals surface area contributed by atoms with Gasteiger partial charge in [0, 0.05) is 11.9 Å². The third kappa shape index (κ3) is 2.29. The van der Waals surface area contributed by atoms with E-state index in [0.29, 0.717) is 12.2 Å². The summed E-state index contributed by atoms with van der Waals surface area (Å²) in [6, 6.07) is 15.6. The summed E-state index contributed by atoms with van der Waals surface area (Å²) in [7, 11) is 0. The third-order valence-corrected chi connectivity index (χ3v) is 3.61. The van der Waals surface area contributed by atoms with Crippen LogP contribution < -0.4 is 0 Å². The number of aromatic nitrogens is 1. The predicted molar refractivity (Wildman–Crippen MR) is 84.6 cm³/mol. The van der Waals surface area contributed by atoms with Gasteiger partial charge in [0.2, 0.25) is 5.88 Å². The first-order chi connectivity index (χ1) is 10.2. The highest BCUT2D eigenvalue weighted by molar-refractivity contribution is 5.94. The second kappa shape index (κ2) is 5.40. The van der Waals surface area contributed by atoms with Crippen molar-refractivity contribution < 1.29 is 5.11 Å². The summed E-state index contributed by atoms with van der Waals surface area (Å²) in [5.74, 6) is 0.163. The zero-order valence-corrected chi connectivity index (χ0v) is 12.1. The predicted octanol–water partition coefficient (Wildman–Crippen LogP) is 5.09. The molecule has 0 saturated heterocycles. The number of rotatable bonds is 3. The molecule has 0 fully saturated rings. The Balaban J connectivity index is 2.13. The van der Waals surface area contributed by atoms with Gasteiger partial charge in [-0.3, -0.25) is 0 Å². The molecule has 0 bridgehead atoms. The van der Waals surface area contributed by atoms with Crippen molar-refractivity contribution in [2.24, 2.45) is 10.2 Å². The fourth-order valence-corrected chi connectivity index (χ4v) is 2.47. The van der Waals surface area contributed by atoms with Crippen LogP contribution >= 0.6 is 0 Å². The Morgan fingerprint density at radius 1 is 1.00 bits per heavy atom. The SMILES string of the molecule is CCn1c(O)c(N=Nc2ccccc2C)c2ccccc21. The molecule has 4 heteroatoms. The second-order valence-corrected chi connectivity index (χ2v) is 4.92. The van der Waals surface area contributed by atoms with Crippen molar-refractivity contribution in [1.82, 2.24) is 4.57 Å². The molecule has 1 heterocycles. The van der Waals surface area contributed by atoms with Crippen LogP contribution in [0.5, 0.6) is 5.88 Å². The van der Waals surface area contributed by atoms with Crippen LogP contribution in [0.2, 0.25) is 0 Å². The van der Waals surface area contributed by atoms with Crippen LogP contribution in [-0.4, -0.2) is 9.67 Å². The topological polar surface area (TPSA) is 49.9 Å². The van der Waals surface area contributed by atoms with Crippen LogP contribution in [0.1, 0.15) is 12.5 Å². The molecule has 2 aromatic carbocycles. The van der Waals surface area contributed by atoms with Gasteiger partial charge in [-0.1, -0.05) is 36.4 Å². The number of fused-ring (bicyclic) bond motifs is 1. The Morgan fingerprint density at radius 2 is 1.71 bits per heavy atom. The highest BCUT2D eigenvalue weighted by Crippen LogP contribution is 2.39. The Kier molecular flexibility index (Phi) is 3.44. The lowest BCUT2D eigenvalue weighted by Gasteiger charge is -2.01. The first-order valence-corrected chi connectivity index (χ1v) is 7.00. The van der Waals surface area contributed by atoms with Gasteiger partial charge >= 0.3 is 0 Å². The van der Waals surface area contributed by atoms with Gasteiger partial charge in [-0.2, -0.15) is 5.11 Å². The molecule has 1 N–H and O–H groups in total. The van der Waals surface area contributed by atoms with E-state index in [9.17, 15) is 5.11 Å². The Hall–Kier alpha value is -2.62. The van der Waals surface area contributed by atoms with E-state index in [2.05, 4.69) is 10.2 Å². The van der Waals surface area contributed by atoms with Gasteiger partial charge in [0.15, 0.2) is 5.69 Å². The molecule has 21 heavy (non-hydrogen) atoms.